The van der Waals surface area contributed by atoms with Crippen LogP contribution in [0.2, 0.25) is 0 Å². The van der Waals surface area contributed by atoms with Crippen molar-refractivity contribution in [1.82, 2.24) is 10.2 Å². The number of benzene rings is 2. The fourth-order valence-corrected chi connectivity index (χ4v) is 5.27. The summed E-state index contributed by atoms with van der Waals surface area (Å²) in [5, 5.41) is 5.34. The van der Waals surface area contributed by atoms with Crippen molar-refractivity contribution in [2.75, 3.05) is 16.6 Å². The molecule has 2 fully saturated rings. The lowest BCUT2D eigenvalue weighted by atomic mass is 9.98. The Balaban J connectivity index is 1.39. The Morgan fingerprint density at radius 3 is 2.27 bits per heavy atom. The molecule has 9 nitrogen and oxygen atoms in total. The number of sulfonamides is 1. The third-order valence-corrected chi connectivity index (χ3v) is 7.61. The average molecular weight is 471 g/mol. The van der Waals surface area contributed by atoms with Gasteiger partial charge in [0.1, 0.15) is 12.1 Å². The minimum atomic E-state index is -3.80. The van der Waals surface area contributed by atoms with Gasteiger partial charge in [-0.05, 0) is 74.2 Å². The number of hydrogen-bond acceptors (Lipinski definition) is 5. The number of anilines is 2. The van der Waals surface area contributed by atoms with E-state index < -0.39 is 34.0 Å². The molecule has 1 aliphatic heterocycles. The Hall–Kier alpha value is -3.40. The first-order valence-corrected chi connectivity index (χ1v) is 12.2. The molecule has 2 aliphatic rings. The zero-order chi connectivity index (χ0) is 23.8. The number of aryl methyl sites for hydroxylation is 2. The van der Waals surface area contributed by atoms with Gasteiger partial charge in [-0.25, -0.2) is 13.2 Å². The number of rotatable bonds is 6. The molecule has 4 rings (SSSR count). The van der Waals surface area contributed by atoms with Crippen LogP contribution in [0.25, 0.3) is 0 Å². The third-order valence-electron chi connectivity index (χ3n) is 6.21. The summed E-state index contributed by atoms with van der Waals surface area (Å²) in [6, 6.07) is 10.4. The van der Waals surface area contributed by atoms with Crippen molar-refractivity contribution in [2.24, 2.45) is 0 Å². The summed E-state index contributed by atoms with van der Waals surface area (Å²) >= 11 is 0. The van der Waals surface area contributed by atoms with Gasteiger partial charge in [-0.3, -0.25) is 19.2 Å². The van der Waals surface area contributed by atoms with Crippen LogP contribution in [0.5, 0.6) is 0 Å². The number of hydrogen-bond donors (Lipinski definition) is 3. The van der Waals surface area contributed by atoms with Gasteiger partial charge in [0.15, 0.2) is 0 Å². The van der Waals surface area contributed by atoms with Crippen molar-refractivity contribution >= 4 is 39.2 Å². The van der Waals surface area contributed by atoms with Crippen LogP contribution in [0.3, 0.4) is 0 Å². The van der Waals surface area contributed by atoms with E-state index in [1.165, 1.54) is 24.3 Å². The Morgan fingerprint density at radius 1 is 1.00 bits per heavy atom. The van der Waals surface area contributed by atoms with Gasteiger partial charge in [-0.15, -0.1) is 0 Å². The van der Waals surface area contributed by atoms with Crippen molar-refractivity contribution in [1.29, 1.82) is 0 Å². The molecule has 1 spiro atoms. The van der Waals surface area contributed by atoms with Crippen molar-refractivity contribution in [3.63, 3.8) is 0 Å². The summed E-state index contributed by atoms with van der Waals surface area (Å²) in [6.07, 6.45) is 2.89. The molecule has 0 unspecified atom stereocenters. The van der Waals surface area contributed by atoms with Crippen LogP contribution in [0.4, 0.5) is 16.2 Å². The molecule has 1 saturated carbocycles. The molecule has 10 heteroatoms. The highest BCUT2D eigenvalue weighted by atomic mass is 32.2. The Bertz CT molecular complexity index is 1220. The van der Waals surface area contributed by atoms with Gasteiger partial charge in [0.2, 0.25) is 5.91 Å². The highest BCUT2D eigenvalue weighted by Crippen LogP contribution is 2.35. The second-order valence-corrected chi connectivity index (χ2v) is 10.3. The van der Waals surface area contributed by atoms with E-state index in [1.54, 1.807) is 12.1 Å². The Kier molecular flexibility index (Phi) is 5.87. The number of amides is 4. The maximum absolute atomic E-state index is 12.7. The molecule has 0 bridgehead atoms. The van der Waals surface area contributed by atoms with Crippen molar-refractivity contribution in [2.45, 2.75) is 50.0 Å². The molecular formula is C23H26N4O5S. The lowest BCUT2D eigenvalue weighted by Gasteiger charge is -2.19. The maximum atomic E-state index is 12.7. The number of imide groups is 1. The van der Waals surface area contributed by atoms with E-state index in [0.29, 0.717) is 24.2 Å². The van der Waals surface area contributed by atoms with Crippen molar-refractivity contribution < 1.29 is 22.8 Å². The minimum absolute atomic E-state index is 0.0380. The molecule has 3 N–H and O–H groups in total. The fraction of sp³-hybridized carbons (Fsp3) is 0.348. The molecule has 33 heavy (non-hydrogen) atoms. The van der Waals surface area contributed by atoms with Gasteiger partial charge in [0.25, 0.3) is 15.9 Å². The number of carbonyl (C=O) groups excluding carboxylic acids is 3. The largest absolute Gasteiger partial charge is 0.325 e. The zero-order valence-corrected chi connectivity index (χ0v) is 19.3. The van der Waals surface area contributed by atoms with Crippen LogP contribution in [0.15, 0.2) is 47.4 Å². The second kappa shape index (κ2) is 8.51. The average Bonchev–Trinajstić information content (AvgIpc) is 3.31. The number of nitrogens with one attached hydrogen (secondary N) is 3. The van der Waals surface area contributed by atoms with Crippen LogP contribution in [-0.2, 0) is 19.6 Å². The van der Waals surface area contributed by atoms with E-state index in [2.05, 4.69) is 15.4 Å². The summed E-state index contributed by atoms with van der Waals surface area (Å²) in [5.41, 5.74) is 1.98. The van der Waals surface area contributed by atoms with Gasteiger partial charge >= 0.3 is 6.03 Å². The summed E-state index contributed by atoms with van der Waals surface area (Å²) < 4.78 is 27.9. The Labute approximate surface area is 192 Å². The molecule has 1 heterocycles. The smallest absolute Gasteiger partial charge is 0.325 e. The van der Waals surface area contributed by atoms with Crippen LogP contribution in [0, 0.1) is 13.8 Å². The molecule has 0 radical (unpaired) electrons. The highest BCUT2D eigenvalue weighted by Gasteiger charge is 2.52. The van der Waals surface area contributed by atoms with Crippen LogP contribution in [-0.4, -0.2) is 43.2 Å². The van der Waals surface area contributed by atoms with Gasteiger partial charge < -0.3 is 10.6 Å². The molecular weight excluding hydrogens is 444 g/mol. The molecule has 174 valence electrons. The lowest BCUT2D eigenvalue weighted by molar-refractivity contribution is -0.133. The first-order valence-electron chi connectivity index (χ1n) is 10.7. The normalized spacial score (nSPS) is 17.3. The van der Waals surface area contributed by atoms with Crippen LogP contribution in [0.1, 0.15) is 36.8 Å². The van der Waals surface area contributed by atoms with Gasteiger partial charge in [-0.2, -0.15) is 0 Å². The first-order chi connectivity index (χ1) is 15.6. The highest BCUT2D eigenvalue weighted by molar-refractivity contribution is 7.92. The number of carbonyl (C=O) groups is 3. The molecule has 0 aromatic heterocycles. The summed E-state index contributed by atoms with van der Waals surface area (Å²) in [6.45, 7) is 3.44. The van der Waals surface area contributed by atoms with E-state index in [0.717, 1.165) is 28.9 Å². The van der Waals surface area contributed by atoms with Crippen molar-refractivity contribution in [3.8, 4) is 0 Å². The fourth-order valence-electron chi connectivity index (χ4n) is 4.22. The molecule has 4 amide bonds. The van der Waals surface area contributed by atoms with Crippen LogP contribution < -0.4 is 15.4 Å². The van der Waals surface area contributed by atoms with E-state index >= 15 is 0 Å². The van der Waals surface area contributed by atoms with E-state index in [9.17, 15) is 22.8 Å². The van der Waals surface area contributed by atoms with Crippen molar-refractivity contribution in [3.05, 3.63) is 53.6 Å². The SMILES string of the molecule is Cc1ccc(NS(=O)(=O)c2ccc(NC(=O)CN3C(=O)NC4(CCCC4)C3=O)cc2)cc1C. The molecule has 2 aromatic carbocycles. The predicted octanol–water partition coefficient (Wildman–Crippen LogP) is 2.91. The van der Waals surface area contributed by atoms with E-state index in [-0.39, 0.29) is 10.8 Å². The molecule has 0 atom stereocenters. The van der Waals surface area contributed by atoms with Gasteiger partial charge in [0, 0.05) is 11.4 Å². The van der Waals surface area contributed by atoms with Crippen LogP contribution >= 0.6 is 0 Å². The summed E-state index contributed by atoms with van der Waals surface area (Å²) in [7, 11) is -3.80. The summed E-state index contributed by atoms with van der Waals surface area (Å²) in [4.78, 5) is 38.3. The maximum Gasteiger partial charge on any atom is 0.325 e. The number of nitrogens with zero attached hydrogens (tertiary/aromatic N) is 1. The zero-order valence-electron chi connectivity index (χ0n) is 18.5. The van der Waals surface area contributed by atoms with Gasteiger partial charge in [-0.1, -0.05) is 18.9 Å². The summed E-state index contributed by atoms with van der Waals surface area (Å²) in [5.74, 6) is -0.906. The predicted molar refractivity (Wildman–Crippen MR) is 123 cm³/mol. The Morgan fingerprint density at radius 2 is 1.64 bits per heavy atom. The van der Waals surface area contributed by atoms with E-state index in [1.807, 2.05) is 19.9 Å². The molecule has 1 saturated heterocycles. The second-order valence-electron chi connectivity index (χ2n) is 8.59. The topological polar surface area (TPSA) is 125 Å². The monoisotopic (exact) mass is 470 g/mol. The molecule has 2 aromatic rings. The minimum Gasteiger partial charge on any atom is -0.325 e. The standard InChI is InChI=1S/C23H26N4O5S/c1-15-5-6-18(13-16(15)2)26-33(31,32)19-9-7-17(8-10-19)24-20(28)14-27-21(29)23(25-22(27)30)11-3-4-12-23/h5-10,13,26H,3-4,11-12,14H2,1-2H3,(H,24,28)(H,25,30). The molecule has 1 aliphatic carbocycles. The first kappa shape index (κ1) is 22.8. The quantitative estimate of drug-likeness (QED) is 0.560. The number of urea groups is 1. The van der Waals surface area contributed by atoms with E-state index in [4.69, 9.17) is 0 Å². The lowest BCUT2D eigenvalue weighted by Crippen LogP contribution is -2.44. The van der Waals surface area contributed by atoms with Gasteiger partial charge in [0.05, 0.1) is 4.90 Å². The third kappa shape index (κ3) is 4.56.